The van der Waals surface area contributed by atoms with Gasteiger partial charge in [-0.25, -0.2) is 0 Å². The van der Waals surface area contributed by atoms with Crippen LogP contribution in [-0.2, 0) is 6.54 Å². The Morgan fingerprint density at radius 3 is 2.67 bits per heavy atom. The second kappa shape index (κ2) is 4.81. The van der Waals surface area contributed by atoms with E-state index in [4.69, 9.17) is 5.73 Å². The van der Waals surface area contributed by atoms with Crippen molar-refractivity contribution in [3.05, 3.63) is 23.5 Å². The van der Waals surface area contributed by atoms with E-state index in [1.165, 1.54) is 38.0 Å². The van der Waals surface area contributed by atoms with Crippen LogP contribution in [0.3, 0.4) is 0 Å². The van der Waals surface area contributed by atoms with Crippen molar-refractivity contribution < 1.29 is 0 Å². The summed E-state index contributed by atoms with van der Waals surface area (Å²) in [7, 11) is 0. The monoisotopic (exact) mass is 207 g/mol. The maximum Gasteiger partial charge on any atom is 0.0470 e. The van der Waals surface area contributed by atoms with Gasteiger partial charge in [-0.3, -0.25) is 4.90 Å². The molecule has 1 aromatic rings. The van der Waals surface area contributed by atoms with Crippen molar-refractivity contribution in [1.29, 1.82) is 0 Å². The largest absolute Gasteiger partial charge is 0.360 e. The van der Waals surface area contributed by atoms with Crippen LogP contribution in [0.5, 0.6) is 0 Å². The molecule has 0 amide bonds. The molecule has 1 atom stereocenters. The number of likely N-dealkylation sites (tertiary alicyclic amines) is 1. The number of H-pyrrole nitrogens is 1. The van der Waals surface area contributed by atoms with Crippen LogP contribution in [0.1, 0.15) is 43.6 Å². The summed E-state index contributed by atoms with van der Waals surface area (Å²) in [5.41, 5.74) is 8.03. The fraction of sp³-hybridized carbons (Fsp3) is 0.667. The topological polar surface area (TPSA) is 45.1 Å². The Balaban J connectivity index is 2.02. The number of nitrogens with two attached hydrogens (primary N) is 1. The molecule has 3 nitrogen and oxygen atoms in total. The molecule has 0 aliphatic carbocycles. The van der Waals surface area contributed by atoms with Crippen molar-refractivity contribution >= 4 is 0 Å². The molecule has 0 bridgehead atoms. The third kappa shape index (κ3) is 2.41. The minimum Gasteiger partial charge on any atom is -0.360 e. The van der Waals surface area contributed by atoms with Crippen LogP contribution in [0, 0.1) is 0 Å². The van der Waals surface area contributed by atoms with Crippen LogP contribution in [0.15, 0.2) is 12.1 Å². The van der Waals surface area contributed by atoms with E-state index in [0.717, 1.165) is 5.69 Å². The lowest BCUT2D eigenvalue weighted by atomic mass is 10.1. The number of rotatable bonds is 3. The molecule has 3 N–H and O–H groups in total. The maximum atomic E-state index is 5.60. The van der Waals surface area contributed by atoms with Crippen molar-refractivity contribution in [3.8, 4) is 0 Å². The Hall–Kier alpha value is -0.800. The molecule has 1 aliphatic heterocycles. The highest BCUT2D eigenvalue weighted by molar-refractivity contribution is 5.15. The second-order valence-electron chi connectivity index (χ2n) is 4.42. The quantitative estimate of drug-likeness (QED) is 0.796. The van der Waals surface area contributed by atoms with Gasteiger partial charge in [-0.15, -0.1) is 0 Å². The zero-order chi connectivity index (χ0) is 10.7. The van der Waals surface area contributed by atoms with Crippen LogP contribution < -0.4 is 5.73 Å². The van der Waals surface area contributed by atoms with Gasteiger partial charge in [0, 0.05) is 24.0 Å². The van der Waals surface area contributed by atoms with Gasteiger partial charge in [0.1, 0.15) is 0 Å². The predicted molar refractivity (Wildman–Crippen MR) is 62.5 cm³/mol. The summed E-state index contributed by atoms with van der Waals surface area (Å²) in [6.45, 7) is 5.35. The molecule has 2 heterocycles. The van der Waals surface area contributed by atoms with Crippen molar-refractivity contribution in [2.24, 2.45) is 5.73 Å². The van der Waals surface area contributed by atoms with Gasteiger partial charge < -0.3 is 10.7 Å². The molecule has 0 aromatic carbocycles. The van der Waals surface area contributed by atoms with Gasteiger partial charge in [-0.05, 0) is 45.0 Å². The minimum absolute atomic E-state index is 0.505. The first-order chi connectivity index (χ1) is 7.31. The fourth-order valence-corrected chi connectivity index (χ4v) is 2.32. The highest BCUT2D eigenvalue weighted by atomic mass is 15.2. The van der Waals surface area contributed by atoms with Crippen molar-refractivity contribution in [2.75, 3.05) is 13.1 Å². The Morgan fingerprint density at radius 2 is 2.07 bits per heavy atom. The maximum absolute atomic E-state index is 5.60. The lowest BCUT2D eigenvalue weighted by Crippen LogP contribution is -2.32. The summed E-state index contributed by atoms with van der Waals surface area (Å²) in [5.74, 6) is 0. The van der Waals surface area contributed by atoms with Crippen LogP contribution >= 0.6 is 0 Å². The van der Waals surface area contributed by atoms with Crippen molar-refractivity contribution in [2.45, 2.75) is 38.8 Å². The average Bonchev–Trinajstić information content (AvgIpc) is 2.78. The molecule has 2 rings (SSSR count). The summed E-state index contributed by atoms with van der Waals surface area (Å²) in [6, 6.07) is 4.77. The summed E-state index contributed by atoms with van der Waals surface area (Å²) in [6.07, 6.45) is 4.07. The molecule has 1 aliphatic rings. The molecular formula is C12H21N3. The molecule has 1 fully saturated rings. The number of hydrogen-bond donors (Lipinski definition) is 2. The first-order valence-electron chi connectivity index (χ1n) is 5.93. The van der Waals surface area contributed by atoms with Gasteiger partial charge in [-0.1, -0.05) is 6.42 Å². The highest BCUT2D eigenvalue weighted by Crippen LogP contribution is 2.23. The molecule has 0 saturated carbocycles. The Labute approximate surface area is 91.7 Å². The SMILES string of the molecule is CC(c1ccc(CN)[nH]1)N1CCCCC1. The zero-order valence-corrected chi connectivity index (χ0v) is 9.50. The van der Waals surface area contributed by atoms with Gasteiger partial charge in [0.25, 0.3) is 0 Å². The Kier molecular flexibility index (Phi) is 3.44. The molecule has 1 aromatic heterocycles. The average molecular weight is 207 g/mol. The van der Waals surface area contributed by atoms with Crippen LogP contribution in [-0.4, -0.2) is 23.0 Å². The van der Waals surface area contributed by atoms with E-state index in [2.05, 4.69) is 28.9 Å². The van der Waals surface area contributed by atoms with E-state index in [9.17, 15) is 0 Å². The number of aromatic amines is 1. The Morgan fingerprint density at radius 1 is 1.33 bits per heavy atom. The van der Waals surface area contributed by atoms with E-state index in [1.54, 1.807) is 0 Å². The number of piperidine rings is 1. The smallest absolute Gasteiger partial charge is 0.0470 e. The van der Waals surface area contributed by atoms with Crippen molar-refractivity contribution in [3.63, 3.8) is 0 Å². The normalized spacial score (nSPS) is 20.4. The molecular weight excluding hydrogens is 186 g/mol. The summed E-state index contributed by atoms with van der Waals surface area (Å²) in [5, 5.41) is 0. The standard InChI is InChI=1S/C12H21N3/c1-10(15-7-3-2-4-8-15)12-6-5-11(9-13)14-12/h5-6,10,14H,2-4,7-9,13H2,1H3. The lowest BCUT2D eigenvalue weighted by Gasteiger charge is -2.31. The van der Waals surface area contributed by atoms with Gasteiger partial charge >= 0.3 is 0 Å². The minimum atomic E-state index is 0.505. The number of nitrogens with one attached hydrogen (secondary N) is 1. The lowest BCUT2D eigenvalue weighted by molar-refractivity contribution is 0.172. The second-order valence-corrected chi connectivity index (χ2v) is 4.42. The summed E-state index contributed by atoms with van der Waals surface area (Å²) >= 11 is 0. The van der Waals surface area contributed by atoms with Crippen LogP contribution in [0.4, 0.5) is 0 Å². The highest BCUT2D eigenvalue weighted by Gasteiger charge is 2.18. The molecule has 1 unspecified atom stereocenters. The fourth-order valence-electron chi connectivity index (χ4n) is 2.32. The van der Waals surface area contributed by atoms with Gasteiger partial charge in [0.2, 0.25) is 0 Å². The van der Waals surface area contributed by atoms with Gasteiger partial charge in [-0.2, -0.15) is 0 Å². The molecule has 0 spiro atoms. The van der Waals surface area contributed by atoms with Gasteiger partial charge in [0.15, 0.2) is 0 Å². The predicted octanol–water partition coefficient (Wildman–Crippen LogP) is 2.02. The molecule has 15 heavy (non-hydrogen) atoms. The van der Waals surface area contributed by atoms with Gasteiger partial charge in [0.05, 0.1) is 0 Å². The molecule has 0 radical (unpaired) electrons. The third-order valence-corrected chi connectivity index (χ3v) is 3.38. The summed E-state index contributed by atoms with van der Waals surface area (Å²) < 4.78 is 0. The van der Waals surface area contributed by atoms with Crippen LogP contribution in [0.2, 0.25) is 0 Å². The third-order valence-electron chi connectivity index (χ3n) is 3.38. The first kappa shape index (κ1) is 10.7. The van der Waals surface area contributed by atoms with Crippen molar-refractivity contribution in [1.82, 2.24) is 9.88 Å². The van der Waals surface area contributed by atoms with E-state index >= 15 is 0 Å². The molecule has 3 heteroatoms. The number of hydrogen-bond acceptors (Lipinski definition) is 2. The first-order valence-corrected chi connectivity index (χ1v) is 5.93. The molecule has 84 valence electrons. The van der Waals surface area contributed by atoms with E-state index in [0.29, 0.717) is 12.6 Å². The number of nitrogens with zero attached hydrogens (tertiary/aromatic N) is 1. The zero-order valence-electron chi connectivity index (χ0n) is 9.50. The van der Waals surface area contributed by atoms with E-state index in [-0.39, 0.29) is 0 Å². The van der Waals surface area contributed by atoms with Crippen LogP contribution in [0.25, 0.3) is 0 Å². The van der Waals surface area contributed by atoms with E-state index < -0.39 is 0 Å². The number of aromatic nitrogens is 1. The summed E-state index contributed by atoms with van der Waals surface area (Å²) in [4.78, 5) is 5.94. The van der Waals surface area contributed by atoms with E-state index in [1.807, 2.05) is 0 Å². The molecule has 1 saturated heterocycles. The Bertz CT molecular complexity index is 300.